The summed E-state index contributed by atoms with van der Waals surface area (Å²) in [6.07, 6.45) is -1.70. The number of rotatable bonds is 5. The Morgan fingerprint density at radius 1 is 1.26 bits per heavy atom. The smallest absolute Gasteiger partial charge is 0.408 e. The van der Waals surface area contributed by atoms with Crippen molar-refractivity contribution in [1.82, 2.24) is 39.6 Å². The molecule has 2 aliphatic rings. The highest BCUT2D eigenvalue weighted by molar-refractivity contribution is 5.66. The van der Waals surface area contributed by atoms with Gasteiger partial charge in [-0.15, -0.1) is 10.2 Å². The molecule has 13 heteroatoms. The van der Waals surface area contributed by atoms with E-state index < -0.39 is 35.4 Å². The number of carbonyl (C=O) groups is 1. The molecule has 38 heavy (non-hydrogen) atoms. The minimum Gasteiger partial charge on any atom is -0.465 e. The summed E-state index contributed by atoms with van der Waals surface area (Å²) < 4.78 is 37.2. The van der Waals surface area contributed by atoms with Crippen molar-refractivity contribution in [1.29, 1.82) is 0 Å². The van der Waals surface area contributed by atoms with Gasteiger partial charge < -0.3 is 14.4 Å². The summed E-state index contributed by atoms with van der Waals surface area (Å²) in [5.41, 5.74) is 1.16. The molecule has 2 aromatic heterocycles. The molecule has 1 N–H and O–H groups in total. The quantitative estimate of drug-likeness (QED) is 0.534. The highest BCUT2D eigenvalue weighted by Crippen LogP contribution is 2.40. The number of halogens is 2. The number of hydrogen-bond acceptors (Lipinski definition) is 7. The molecule has 1 saturated heterocycles. The third kappa shape index (κ3) is 4.64. The predicted molar refractivity (Wildman–Crippen MR) is 132 cm³/mol. The van der Waals surface area contributed by atoms with Crippen molar-refractivity contribution < 1.29 is 23.4 Å². The Balaban J connectivity index is 1.44. The first-order valence-electron chi connectivity index (χ1n) is 12.6. The van der Waals surface area contributed by atoms with Crippen molar-refractivity contribution >= 4 is 6.09 Å². The van der Waals surface area contributed by atoms with Crippen LogP contribution in [0.2, 0.25) is 0 Å². The fraction of sp³-hybridized carbons (Fsp3) is 0.560. The second-order valence-electron chi connectivity index (χ2n) is 10.8. The van der Waals surface area contributed by atoms with Crippen LogP contribution in [-0.4, -0.2) is 75.0 Å². The standard InChI is InChI=1S/C25H32F2N8O3/c1-6-34-20-12-33(11-18(20)28-23(34)22-29-31-32(5)30-22)15-10-19(35(24(36)37)25(2,3)4)21(38-13-15)16-9-14(26)7-8-17(16)27/h7-9,15,19,21H,6,10-13H2,1-5H3,(H,36,37)/t15-,19+,21-/m1/s1. The monoisotopic (exact) mass is 530 g/mol. The van der Waals surface area contributed by atoms with Crippen molar-refractivity contribution in [2.75, 3.05) is 6.61 Å². The molecule has 0 saturated carbocycles. The van der Waals surface area contributed by atoms with E-state index >= 15 is 0 Å². The normalized spacial score (nSPS) is 22.0. The van der Waals surface area contributed by atoms with Gasteiger partial charge in [-0.2, -0.15) is 4.80 Å². The van der Waals surface area contributed by atoms with E-state index in [4.69, 9.17) is 9.72 Å². The minimum absolute atomic E-state index is 0.0221. The molecule has 11 nitrogen and oxygen atoms in total. The maximum atomic E-state index is 14.8. The highest BCUT2D eigenvalue weighted by atomic mass is 19.1. The molecule has 0 spiro atoms. The number of carboxylic acid groups (broad SMARTS) is 1. The molecule has 4 heterocycles. The summed E-state index contributed by atoms with van der Waals surface area (Å²) in [5.74, 6) is -0.110. The van der Waals surface area contributed by atoms with Crippen LogP contribution >= 0.6 is 0 Å². The van der Waals surface area contributed by atoms with Crippen molar-refractivity contribution in [3.05, 3.63) is 46.8 Å². The molecule has 1 amide bonds. The average Bonchev–Trinajstić information content (AvgIpc) is 3.53. The van der Waals surface area contributed by atoms with E-state index in [1.165, 1.54) is 9.70 Å². The zero-order valence-corrected chi connectivity index (χ0v) is 22.1. The Bertz CT molecular complexity index is 1350. The predicted octanol–water partition coefficient (Wildman–Crippen LogP) is 3.36. The minimum atomic E-state index is -1.14. The molecule has 0 bridgehead atoms. The molecule has 3 atom stereocenters. The van der Waals surface area contributed by atoms with Crippen LogP contribution < -0.4 is 0 Å². The molecule has 1 aromatic carbocycles. The van der Waals surface area contributed by atoms with Crippen molar-refractivity contribution in [3.8, 4) is 11.6 Å². The third-order valence-corrected chi connectivity index (χ3v) is 7.26. The number of tetrazole rings is 1. The molecular weight excluding hydrogens is 498 g/mol. The van der Waals surface area contributed by atoms with Crippen molar-refractivity contribution in [3.63, 3.8) is 0 Å². The number of imidazole rings is 1. The highest BCUT2D eigenvalue weighted by Gasteiger charge is 2.46. The lowest BCUT2D eigenvalue weighted by molar-refractivity contribution is -0.103. The average molecular weight is 531 g/mol. The number of ether oxygens (including phenoxy) is 1. The van der Waals surface area contributed by atoms with Gasteiger partial charge in [-0.25, -0.2) is 18.6 Å². The zero-order valence-electron chi connectivity index (χ0n) is 22.1. The molecule has 0 aliphatic carbocycles. The van der Waals surface area contributed by atoms with Crippen LogP contribution in [0, 0.1) is 11.6 Å². The van der Waals surface area contributed by atoms with Crippen LogP contribution in [0.5, 0.6) is 0 Å². The summed E-state index contributed by atoms with van der Waals surface area (Å²) >= 11 is 0. The van der Waals surface area contributed by atoms with Gasteiger partial charge in [-0.1, -0.05) is 0 Å². The first kappa shape index (κ1) is 26.2. The fourth-order valence-electron chi connectivity index (χ4n) is 5.67. The summed E-state index contributed by atoms with van der Waals surface area (Å²) in [7, 11) is 1.70. The van der Waals surface area contributed by atoms with E-state index in [9.17, 15) is 18.7 Å². The van der Waals surface area contributed by atoms with Gasteiger partial charge in [0, 0.05) is 36.8 Å². The lowest BCUT2D eigenvalue weighted by Gasteiger charge is -2.48. The number of aromatic nitrogens is 6. The SMILES string of the molecule is CCn1c(-c2nnn(C)n2)nc2c1CN([C@H]1CO[C@H](c3cc(F)ccc3F)[C@@H](N(C(=O)O)C(C)(C)C)C1)C2. The number of hydrogen-bond donors (Lipinski definition) is 1. The molecule has 5 rings (SSSR count). The Morgan fingerprint density at radius 3 is 2.66 bits per heavy atom. The zero-order chi connectivity index (χ0) is 27.4. The van der Waals surface area contributed by atoms with Gasteiger partial charge in [0.1, 0.15) is 17.7 Å². The van der Waals surface area contributed by atoms with E-state index in [1.807, 2.05) is 6.92 Å². The van der Waals surface area contributed by atoms with E-state index in [1.54, 1.807) is 27.8 Å². The molecule has 2 aliphatic heterocycles. The maximum Gasteiger partial charge on any atom is 0.408 e. The fourth-order valence-corrected chi connectivity index (χ4v) is 5.67. The number of aryl methyl sites for hydroxylation is 1. The number of amides is 1. The molecular formula is C25H32F2N8O3. The first-order valence-corrected chi connectivity index (χ1v) is 12.6. The topological polar surface area (TPSA) is 114 Å². The first-order chi connectivity index (χ1) is 18.0. The second kappa shape index (κ2) is 9.70. The summed E-state index contributed by atoms with van der Waals surface area (Å²) in [4.78, 5) is 22.2. The van der Waals surface area contributed by atoms with Crippen LogP contribution in [0.4, 0.5) is 13.6 Å². The van der Waals surface area contributed by atoms with Gasteiger partial charge in [0.2, 0.25) is 5.82 Å². The Labute approximate surface area is 219 Å². The molecule has 3 aromatic rings. The Kier molecular flexibility index (Phi) is 6.68. The molecule has 0 unspecified atom stereocenters. The largest absolute Gasteiger partial charge is 0.465 e. The summed E-state index contributed by atoms with van der Waals surface area (Å²) in [6, 6.07) is 2.30. The van der Waals surface area contributed by atoms with Crippen LogP contribution in [0.25, 0.3) is 11.6 Å². The molecule has 1 fully saturated rings. The number of benzene rings is 1. The maximum absolute atomic E-state index is 14.8. The van der Waals surface area contributed by atoms with E-state index in [-0.39, 0.29) is 18.2 Å². The van der Waals surface area contributed by atoms with Gasteiger partial charge in [-0.05, 0) is 57.5 Å². The third-order valence-electron chi connectivity index (χ3n) is 7.26. The van der Waals surface area contributed by atoms with Gasteiger partial charge in [-0.3, -0.25) is 9.80 Å². The van der Waals surface area contributed by atoms with Crippen LogP contribution in [0.15, 0.2) is 18.2 Å². The van der Waals surface area contributed by atoms with Crippen molar-refractivity contribution in [2.45, 2.75) is 77.5 Å². The second-order valence-corrected chi connectivity index (χ2v) is 10.8. The summed E-state index contributed by atoms with van der Waals surface area (Å²) in [6.45, 7) is 9.41. The molecule has 204 valence electrons. The Morgan fingerprint density at radius 2 is 2.03 bits per heavy atom. The number of fused-ring (bicyclic) bond motifs is 1. The summed E-state index contributed by atoms with van der Waals surface area (Å²) in [5, 5.41) is 22.5. The van der Waals surface area contributed by atoms with E-state index in [0.29, 0.717) is 37.7 Å². The number of nitrogens with zero attached hydrogens (tertiary/aromatic N) is 8. The van der Waals surface area contributed by atoms with Gasteiger partial charge in [0.05, 0.1) is 31.1 Å². The van der Waals surface area contributed by atoms with Gasteiger partial charge in [0.15, 0.2) is 5.82 Å². The van der Waals surface area contributed by atoms with Gasteiger partial charge >= 0.3 is 6.09 Å². The van der Waals surface area contributed by atoms with Gasteiger partial charge in [0.25, 0.3) is 0 Å². The Hall–Kier alpha value is -3.45. The molecule has 0 radical (unpaired) electrons. The van der Waals surface area contributed by atoms with Crippen LogP contribution in [0.3, 0.4) is 0 Å². The lowest BCUT2D eigenvalue weighted by atomic mass is 9.88. The van der Waals surface area contributed by atoms with Crippen LogP contribution in [-0.2, 0) is 31.4 Å². The lowest BCUT2D eigenvalue weighted by Crippen LogP contribution is -2.58. The van der Waals surface area contributed by atoms with E-state index in [0.717, 1.165) is 29.6 Å². The van der Waals surface area contributed by atoms with E-state index in [2.05, 4.69) is 24.9 Å². The van der Waals surface area contributed by atoms with Crippen molar-refractivity contribution in [2.24, 2.45) is 7.05 Å². The van der Waals surface area contributed by atoms with Crippen LogP contribution in [0.1, 0.15) is 57.2 Å².